The molecule has 0 radical (unpaired) electrons. The van der Waals surface area contributed by atoms with Crippen molar-refractivity contribution in [1.29, 1.82) is 0 Å². The molecular formula is C15H16N4O. The lowest BCUT2D eigenvalue weighted by Crippen LogP contribution is -2.25. The zero-order valence-electron chi connectivity index (χ0n) is 11.0. The number of hydrogen-bond donors (Lipinski definition) is 3. The lowest BCUT2D eigenvalue weighted by Gasteiger charge is -2.04. The van der Waals surface area contributed by atoms with E-state index >= 15 is 0 Å². The molecule has 0 aliphatic carbocycles. The molecule has 1 aromatic heterocycles. The summed E-state index contributed by atoms with van der Waals surface area (Å²) in [5.41, 5.74) is 7.77. The molecule has 0 spiro atoms. The number of rotatable bonds is 4. The average Bonchev–Trinajstić information content (AvgIpc) is 2.99. The summed E-state index contributed by atoms with van der Waals surface area (Å²) in [6.07, 6.45) is 4.10. The summed E-state index contributed by atoms with van der Waals surface area (Å²) in [6, 6.07) is 7.14. The molecule has 1 amide bonds. The molecule has 20 heavy (non-hydrogen) atoms. The average molecular weight is 268 g/mol. The predicted octanol–water partition coefficient (Wildman–Crippen LogP) is 0.692. The van der Waals surface area contributed by atoms with Crippen LogP contribution in [0.4, 0.5) is 0 Å². The molecule has 1 aromatic carbocycles. The quantitative estimate of drug-likeness (QED) is 0.713. The fourth-order valence-corrected chi connectivity index (χ4v) is 1.69. The first-order chi connectivity index (χ1) is 9.79. The van der Waals surface area contributed by atoms with Gasteiger partial charge in [0.15, 0.2) is 0 Å². The van der Waals surface area contributed by atoms with E-state index in [2.05, 4.69) is 27.1 Å². The zero-order chi connectivity index (χ0) is 14.2. The summed E-state index contributed by atoms with van der Waals surface area (Å²) < 4.78 is 0. The number of hydrogen-bond acceptors (Lipinski definition) is 3. The van der Waals surface area contributed by atoms with Crippen LogP contribution in [0.3, 0.4) is 0 Å². The largest absolute Gasteiger partial charge is 0.352 e. The second-order valence-corrected chi connectivity index (χ2v) is 4.17. The molecule has 0 unspecified atom stereocenters. The van der Waals surface area contributed by atoms with Gasteiger partial charge in [-0.25, -0.2) is 4.98 Å². The Kier molecular flexibility index (Phi) is 4.93. The van der Waals surface area contributed by atoms with Gasteiger partial charge in [-0.1, -0.05) is 11.8 Å². The van der Waals surface area contributed by atoms with E-state index < -0.39 is 0 Å². The minimum Gasteiger partial charge on any atom is -0.352 e. The van der Waals surface area contributed by atoms with Crippen molar-refractivity contribution in [2.75, 3.05) is 13.1 Å². The van der Waals surface area contributed by atoms with Crippen LogP contribution in [-0.4, -0.2) is 29.0 Å². The van der Waals surface area contributed by atoms with Crippen molar-refractivity contribution in [1.82, 2.24) is 15.3 Å². The van der Waals surface area contributed by atoms with E-state index in [1.54, 1.807) is 24.7 Å². The van der Waals surface area contributed by atoms with Crippen LogP contribution in [0.2, 0.25) is 0 Å². The van der Waals surface area contributed by atoms with Crippen LogP contribution in [0, 0.1) is 11.8 Å². The Bertz CT molecular complexity index is 606. The van der Waals surface area contributed by atoms with Gasteiger partial charge in [0.2, 0.25) is 0 Å². The molecule has 102 valence electrons. The molecule has 0 bridgehead atoms. The van der Waals surface area contributed by atoms with Crippen molar-refractivity contribution in [3.8, 4) is 11.8 Å². The summed E-state index contributed by atoms with van der Waals surface area (Å²) in [6.45, 7) is 0.894. The van der Waals surface area contributed by atoms with Gasteiger partial charge < -0.3 is 16.0 Å². The third-order valence-electron chi connectivity index (χ3n) is 2.72. The third-order valence-corrected chi connectivity index (χ3v) is 2.72. The van der Waals surface area contributed by atoms with Crippen molar-refractivity contribution >= 4 is 5.91 Å². The molecule has 0 aliphatic heterocycles. The Morgan fingerprint density at radius 1 is 1.35 bits per heavy atom. The predicted molar refractivity (Wildman–Crippen MR) is 77.0 cm³/mol. The van der Waals surface area contributed by atoms with Gasteiger partial charge in [0.05, 0.1) is 12.9 Å². The molecule has 5 heteroatoms. The Labute approximate surface area is 117 Å². The highest BCUT2D eigenvalue weighted by Crippen LogP contribution is 2.03. The van der Waals surface area contributed by atoms with E-state index in [0.717, 1.165) is 17.7 Å². The van der Waals surface area contributed by atoms with Crippen LogP contribution >= 0.6 is 0 Å². The minimum absolute atomic E-state index is 0.0946. The highest BCUT2D eigenvalue weighted by atomic mass is 16.1. The molecule has 0 aliphatic rings. The van der Waals surface area contributed by atoms with Crippen LogP contribution in [-0.2, 0) is 6.42 Å². The first-order valence-electron chi connectivity index (χ1n) is 6.34. The zero-order valence-corrected chi connectivity index (χ0v) is 11.0. The van der Waals surface area contributed by atoms with Crippen molar-refractivity contribution < 1.29 is 4.79 Å². The molecule has 2 aromatic rings. The van der Waals surface area contributed by atoms with Crippen LogP contribution < -0.4 is 11.1 Å². The number of benzene rings is 1. The standard InChI is InChI=1S/C15H16N4O/c16-8-1-2-12-3-5-13(6-4-12)15(20)18-9-7-14-10-17-11-19-14/h3-6,10-11H,7-9,16H2,(H,17,19)(H,18,20). The molecule has 1 heterocycles. The topological polar surface area (TPSA) is 83.8 Å². The van der Waals surface area contributed by atoms with Crippen LogP contribution in [0.1, 0.15) is 21.6 Å². The Balaban J connectivity index is 1.85. The fourth-order valence-electron chi connectivity index (χ4n) is 1.69. The Morgan fingerprint density at radius 2 is 2.15 bits per heavy atom. The third kappa shape index (κ3) is 3.97. The number of carbonyl (C=O) groups is 1. The van der Waals surface area contributed by atoms with Gasteiger partial charge in [-0.15, -0.1) is 0 Å². The van der Waals surface area contributed by atoms with E-state index in [1.165, 1.54) is 0 Å². The summed E-state index contributed by atoms with van der Waals surface area (Å²) in [5.74, 6) is 5.59. The van der Waals surface area contributed by atoms with Crippen LogP contribution in [0.15, 0.2) is 36.8 Å². The number of H-pyrrole nitrogens is 1. The molecule has 0 saturated carbocycles. The highest BCUT2D eigenvalue weighted by Gasteiger charge is 2.04. The van der Waals surface area contributed by atoms with Gasteiger partial charge in [-0.3, -0.25) is 4.79 Å². The molecule has 4 N–H and O–H groups in total. The molecule has 0 saturated heterocycles. The normalized spacial score (nSPS) is 9.65. The second-order valence-electron chi connectivity index (χ2n) is 4.17. The van der Waals surface area contributed by atoms with Gasteiger partial charge >= 0.3 is 0 Å². The summed E-state index contributed by atoms with van der Waals surface area (Å²) in [7, 11) is 0. The van der Waals surface area contributed by atoms with E-state index in [1.807, 2.05) is 12.1 Å². The van der Waals surface area contributed by atoms with E-state index in [-0.39, 0.29) is 5.91 Å². The van der Waals surface area contributed by atoms with Crippen molar-refractivity contribution in [2.24, 2.45) is 5.73 Å². The van der Waals surface area contributed by atoms with Gasteiger partial charge in [0.25, 0.3) is 5.91 Å². The number of nitrogens with two attached hydrogens (primary N) is 1. The highest BCUT2D eigenvalue weighted by molar-refractivity contribution is 5.94. The van der Waals surface area contributed by atoms with Gasteiger partial charge in [0, 0.05) is 36.0 Å². The molecular weight excluding hydrogens is 252 g/mol. The van der Waals surface area contributed by atoms with Crippen LogP contribution in [0.5, 0.6) is 0 Å². The van der Waals surface area contributed by atoms with Gasteiger partial charge in [0.1, 0.15) is 0 Å². The summed E-state index contributed by atoms with van der Waals surface area (Å²) in [5, 5.41) is 2.86. The number of carbonyl (C=O) groups excluding carboxylic acids is 1. The molecule has 2 rings (SSSR count). The SMILES string of the molecule is NCC#Cc1ccc(C(=O)NCCc2cnc[nH]2)cc1. The number of aromatic nitrogens is 2. The summed E-state index contributed by atoms with van der Waals surface area (Å²) in [4.78, 5) is 18.8. The van der Waals surface area contributed by atoms with E-state index in [4.69, 9.17) is 5.73 Å². The summed E-state index contributed by atoms with van der Waals surface area (Å²) >= 11 is 0. The number of aromatic amines is 1. The molecule has 0 atom stereocenters. The Hall–Kier alpha value is -2.58. The van der Waals surface area contributed by atoms with Crippen molar-refractivity contribution in [2.45, 2.75) is 6.42 Å². The van der Waals surface area contributed by atoms with E-state index in [0.29, 0.717) is 18.7 Å². The lowest BCUT2D eigenvalue weighted by molar-refractivity contribution is 0.0954. The van der Waals surface area contributed by atoms with Crippen molar-refractivity contribution in [3.63, 3.8) is 0 Å². The number of nitrogens with zero attached hydrogens (tertiary/aromatic N) is 1. The molecule has 0 fully saturated rings. The number of amides is 1. The van der Waals surface area contributed by atoms with Crippen molar-refractivity contribution in [3.05, 3.63) is 53.6 Å². The first kappa shape index (κ1) is 13.8. The van der Waals surface area contributed by atoms with Crippen LogP contribution in [0.25, 0.3) is 0 Å². The number of nitrogens with one attached hydrogen (secondary N) is 2. The Morgan fingerprint density at radius 3 is 2.80 bits per heavy atom. The van der Waals surface area contributed by atoms with Gasteiger partial charge in [-0.2, -0.15) is 0 Å². The minimum atomic E-state index is -0.0946. The maximum Gasteiger partial charge on any atom is 0.251 e. The first-order valence-corrected chi connectivity index (χ1v) is 6.34. The second kappa shape index (κ2) is 7.12. The smallest absolute Gasteiger partial charge is 0.251 e. The van der Waals surface area contributed by atoms with E-state index in [9.17, 15) is 4.79 Å². The molecule has 5 nitrogen and oxygen atoms in total. The lowest BCUT2D eigenvalue weighted by atomic mass is 10.1. The van der Waals surface area contributed by atoms with Gasteiger partial charge in [-0.05, 0) is 24.3 Å². The fraction of sp³-hybridized carbons (Fsp3) is 0.200. The number of imidazole rings is 1. The monoisotopic (exact) mass is 268 g/mol. The maximum absolute atomic E-state index is 11.9. The maximum atomic E-state index is 11.9.